The summed E-state index contributed by atoms with van der Waals surface area (Å²) in [4.78, 5) is 23.2. The summed E-state index contributed by atoms with van der Waals surface area (Å²) >= 11 is 8.61. The molecule has 2 aromatic carbocycles. The zero-order valence-corrected chi connectivity index (χ0v) is 17.8. The van der Waals surface area contributed by atoms with Crippen molar-refractivity contribution in [2.75, 3.05) is 16.4 Å². The lowest BCUT2D eigenvalue weighted by Crippen LogP contribution is -2.24. The number of anilines is 3. The monoisotopic (exact) mass is 447 g/mol. The van der Waals surface area contributed by atoms with Gasteiger partial charge in [0.1, 0.15) is 0 Å². The smallest absolute Gasteiger partial charge is 0.230 e. The van der Waals surface area contributed by atoms with Crippen LogP contribution in [0.3, 0.4) is 0 Å². The fourth-order valence-corrected chi connectivity index (χ4v) is 4.16. The predicted octanol–water partition coefficient (Wildman–Crippen LogP) is 4.30. The Hall–Kier alpha value is -2.62. The van der Waals surface area contributed by atoms with Crippen LogP contribution in [-0.4, -0.2) is 27.8 Å². The van der Waals surface area contributed by atoms with Crippen LogP contribution in [0.15, 0.2) is 52.9 Å². The fourth-order valence-electron chi connectivity index (χ4n) is 2.35. The van der Waals surface area contributed by atoms with Gasteiger partial charge in [0, 0.05) is 29.9 Å². The van der Waals surface area contributed by atoms with Crippen molar-refractivity contribution in [1.29, 1.82) is 0 Å². The Labute approximate surface area is 181 Å². The zero-order chi connectivity index (χ0) is 20.6. The van der Waals surface area contributed by atoms with Gasteiger partial charge in [-0.1, -0.05) is 52.9 Å². The van der Waals surface area contributed by atoms with E-state index in [1.54, 1.807) is 18.2 Å². The normalized spacial score (nSPS) is 10.4. The molecule has 0 radical (unpaired) electrons. The molecule has 0 bridgehead atoms. The van der Waals surface area contributed by atoms with Crippen molar-refractivity contribution >= 4 is 63.0 Å². The van der Waals surface area contributed by atoms with Crippen LogP contribution >= 0.6 is 34.7 Å². The fraction of sp³-hybridized carbons (Fsp3) is 0.158. The van der Waals surface area contributed by atoms with E-state index in [4.69, 9.17) is 11.6 Å². The number of aromatic nitrogens is 2. The lowest BCUT2D eigenvalue weighted by Gasteiger charge is -2.05. The predicted molar refractivity (Wildman–Crippen MR) is 118 cm³/mol. The number of benzene rings is 2. The summed E-state index contributed by atoms with van der Waals surface area (Å²) in [5.41, 5.74) is 2.42. The van der Waals surface area contributed by atoms with Gasteiger partial charge in [-0.25, -0.2) is 0 Å². The number of rotatable bonds is 8. The minimum atomic E-state index is -0.134. The van der Waals surface area contributed by atoms with Crippen molar-refractivity contribution in [2.45, 2.75) is 17.8 Å². The molecule has 1 heterocycles. The van der Waals surface area contributed by atoms with Crippen LogP contribution < -0.4 is 16.0 Å². The maximum Gasteiger partial charge on any atom is 0.230 e. The third-order valence-corrected chi connectivity index (χ3v) is 5.75. The van der Waals surface area contributed by atoms with E-state index in [-0.39, 0.29) is 17.6 Å². The van der Waals surface area contributed by atoms with Gasteiger partial charge in [0.25, 0.3) is 0 Å². The van der Waals surface area contributed by atoms with Crippen LogP contribution in [0.25, 0.3) is 0 Å². The molecule has 7 nitrogen and oxygen atoms in total. The van der Waals surface area contributed by atoms with E-state index in [0.29, 0.717) is 26.7 Å². The van der Waals surface area contributed by atoms with E-state index in [1.165, 1.54) is 30.0 Å². The molecule has 150 valence electrons. The second-order valence-electron chi connectivity index (χ2n) is 5.96. The van der Waals surface area contributed by atoms with Crippen LogP contribution in [0, 0.1) is 0 Å². The third-order valence-electron chi connectivity index (χ3n) is 3.55. The molecule has 29 heavy (non-hydrogen) atoms. The van der Waals surface area contributed by atoms with E-state index < -0.39 is 0 Å². The van der Waals surface area contributed by atoms with E-state index in [9.17, 15) is 9.59 Å². The second kappa shape index (κ2) is 10.2. The number of hydrogen-bond acceptors (Lipinski definition) is 7. The molecule has 0 aliphatic rings. The van der Waals surface area contributed by atoms with Gasteiger partial charge < -0.3 is 16.0 Å². The minimum Gasteiger partial charge on any atom is -0.351 e. The maximum atomic E-state index is 12.0. The van der Waals surface area contributed by atoms with E-state index in [1.807, 2.05) is 30.3 Å². The molecular formula is C19H18ClN5O2S2. The van der Waals surface area contributed by atoms with Gasteiger partial charge in [-0.2, -0.15) is 0 Å². The van der Waals surface area contributed by atoms with Gasteiger partial charge in [-0.3, -0.25) is 9.59 Å². The molecule has 0 fully saturated rings. The van der Waals surface area contributed by atoms with Crippen LogP contribution in [0.1, 0.15) is 12.5 Å². The summed E-state index contributed by atoms with van der Waals surface area (Å²) in [5.74, 6) is 0.0146. The summed E-state index contributed by atoms with van der Waals surface area (Å²) in [6, 6.07) is 14.7. The lowest BCUT2D eigenvalue weighted by molar-refractivity contribution is -0.118. The average Bonchev–Trinajstić information content (AvgIpc) is 3.12. The first-order valence-electron chi connectivity index (χ1n) is 8.60. The first-order chi connectivity index (χ1) is 14.0. The second-order valence-corrected chi connectivity index (χ2v) is 8.59. The maximum absolute atomic E-state index is 12.0. The number of amides is 2. The SMILES string of the molecule is CC(=O)Nc1cccc(Nc2nnc(SCC(=O)NCc3cccc(Cl)c3)s2)c1. The molecule has 0 aliphatic heterocycles. The quantitative estimate of drug-likeness (QED) is 0.445. The highest BCUT2D eigenvalue weighted by atomic mass is 35.5. The molecule has 3 N–H and O–H groups in total. The van der Waals surface area contributed by atoms with E-state index in [2.05, 4.69) is 26.1 Å². The Balaban J connectivity index is 1.47. The Morgan fingerprint density at radius 3 is 2.69 bits per heavy atom. The topological polar surface area (TPSA) is 96.0 Å². The number of thioether (sulfide) groups is 1. The first-order valence-corrected chi connectivity index (χ1v) is 10.8. The van der Waals surface area contributed by atoms with Crippen molar-refractivity contribution in [3.8, 4) is 0 Å². The van der Waals surface area contributed by atoms with E-state index >= 15 is 0 Å². The summed E-state index contributed by atoms with van der Waals surface area (Å²) < 4.78 is 0.684. The number of carbonyl (C=O) groups is 2. The van der Waals surface area contributed by atoms with Gasteiger partial charge >= 0.3 is 0 Å². The van der Waals surface area contributed by atoms with Crippen molar-refractivity contribution in [1.82, 2.24) is 15.5 Å². The molecule has 3 rings (SSSR count). The van der Waals surface area contributed by atoms with Crippen molar-refractivity contribution in [3.63, 3.8) is 0 Å². The molecule has 0 spiro atoms. The highest BCUT2D eigenvalue weighted by Crippen LogP contribution is 2.28. The molecule has 0 saturated carbocycles. The summed E-state index contributed by atoms with van der Waals surface area (Å²) in [6.07, 6.45) is 0. The Bertz CT molecular complexity index is 1010. The summed E-state index contributed by atoms with van der Waals surface area (Å²) in [5, 5.41) is 18.1. The summed E-state index contributed by atoms with van der Waals surface area (Å²) in [6.45, 7) is 1.88. The van der Waals surface area contributed by atoms with Crippen LogP contribution in [0.4, 0.5) is 16.5 Å². The van der Waals surface area contributed by atoms with Crippen LogP contribution in [0.2, 0.25) is 5.02 Å². The molecule has 0 saturated heterocycles. The molecular weight excluding hydrogens is 430 g/mol. The van der Waals surface area contributed by atoms with Gasteiger partial charge in [-0.05, 0) is 35.9 Å². The number of nitrogens with zero attached hydrogens (tertiary/aromatic N) is 2. The van der Waals surface area contributed by atoms with Gasteiger partial charge in [0.05, 0.1) is 5.75 Å². The van der Waals surface area contributed by atoms with Gasteiger partial charge in [0.15, 0.2) is 4.34 Å². The average molecular weight is 448 g/mol. The highest BCUT2D eigenvalue weighted by Gasteiger charge is 2.09. The standard InChI is InChI=1S/C19H18ClN5O2S2/c1-12(26)22-15-6-3-7-16(9-15)23-18-24-25-19(29-18)28-11-17(27)21-10-13-4-2-5-14(20)8-13/h2-9H,10-11H2,1H3,(H,21,27)(H,22,26)(H,23,24). The molecule has 0 unspecified atom stereocenters. The molecule has 3 aromatic rings. The van der Waals surface area contributed by atoms with Crippen LogP contribution in [0.5, 0.6) is 0 Å². The largest absolute Gasteiger partial charge is 0.351 e. The first kappa shape index (κ1) is 21.1. The number of carbonyl (C=O) groups excluding carboxylic acids is 2. The lowest BCUT2D eigenvalue weighted by atomic mass is 10.2. The third kappa shape index (κ3) is 7.04. The summed E-state index contributed by atoms with van der Waals surface area (Å²) in [7, 11) is 0. The number of halogens is 1. The van der Waals surface area contributed by atoms with Gasteiger partial charge in [-0.15, -0.1) is 10.2 Å². The van der Waals surface area contributed by atoms with Crippen molar-refractivity contribution < 1.29 is 9.59 Å². The van der Waals surface area contributed by atoms with Crippen molar-refractivity contribution in [2.24, 2.45) is 0 Å². The molecule has 10 heteroatoms. The van der Waals surface area contributed by atoms with Crippen molar-refractivity contribution in [3.05, 3.63) is 59.1 Å². The number of hydrogen-bond donors (Lipinski definition) is 3. The molecule has 1 aromatic heterocycles. The molecule has 0 atom stereocenters. The molecule has 0 aliphatic carbocycles. The zero-order valence-electron chi connectivity index (χ0n) is 15.4. The minimum absolute atomic E-state index is 0.0947. The van der Waals surface area contributed by atoms with E-state index in [0.717, 1.165) is 11.3 Å². The van der Waals surface area contributed by atoms with Crippen LogP contribution in [-0.2, 0) is 16.1 Å². The molecule has 2 amide bonds. The highest BCUT2D eigenvalue weighted by molar-refractivity contribution is 8.01. The van der Waals surface area contributed by atoms with Gasteiger partial charge in [0.2, 0.25) is 16.9 Å². The Morgan fingerprint density at radius 2 is 1.90 bits per heavy atom. The Kier molecular flexibility index (Phi) is 7.45. The number of nitrogens with one attached hydrogen (secondary N) is 3. The Morgan fingerprint density at radius 1 is 1.10 bits per heavy atom.